The molecule has 4 aromatic rings. The van der Waals surface area contributed by atoms with Crippen LogP contribution in [0.15, 0.2) is 60.8 Å². The first kappa shape index (κ1) is 34.1. The number of fused-ring (bicyclic) bond motifs is 1. The Morgan fingerprint density at radius 1 is 1.08 bits per heavy atom. The summed E-state index contributed by atoms with van der Waals surface area (Å²) in [6, 6.07) is 16.7. The average molecular weight is 700 g/mol. The molecule has 0 N–H and O–H groups in total. The minimum Gasteiger partial charge on any atom is -0.490 e. The van der Waals surface area contributed by atoms with Crippen molar-refractivity contribution < 1.29 is 18.7 Å². The molecule has 2 aromatic carbocycles. The van der Waals surface area contributed by atoms with E-state index in [-0.39, 0.29) is 52.0 Å². The summed E-state index contributed by atoms with van der Waals surface area (Å²) in [4.78, 5) is 28.9. The van der Waals surface area contributed by atoms with Crippen LogP contribution in [0.4, 0.5) is 10.2 Å². The van der Waals surface area contributed by atoms with Crippen LogP contribution in [0.1, 0.15) is 80.2 Å². The summed E-state index contributed by atoms with van der Waals surface area (Å²) in [5, 5.41) is 8.09. The Balaban J connectivity index is 1.03. The van der Waals surface area contributed by atoms with Crippen molar-refractivity contribution in [3.8, 4) is 17.4 Å². The average Bonchev–Trinajstić information content (AvgIpc) is 3.07. The Kier molecular flexibility index (Phi) is 9.63. The van der Waals surface area contributed by atoms with Gasteiger partial charge in [-0.2, -0.15) is 4.98 Å². The van der Waals surface area contributed by atoms with Gasteiger partial charge in [0.05, 0.1) is 11.3 Å². The molecule has 7 rings (SSSR count). The van der Waals surface area contributed by atoms with Gasteiger partial charge in [-0.1, -0.05) is 37.3 Å². The van der Waals surface area contributed by atoms with Crippen LogP contribution < -0.4 is 14.4 Å². The van der Waals surface area contributed by atoms with Gasteiger partial charge in [0.1, 0.15) is 23.4 Å². The number of nitrogens with zero attached hydrogens (tertiary/aromatic N) is 7. The lowest BCUT2D eigenvalue weighted by Crippen LogP contribution is -2.65. The molecule has 1 aliphatic carbocycles. The quantitative estimate of drug-likeness (QED) is 0.160. The van der Waals surface area contributed by atoms with Crippen molar-refractivity contribution in [2.24, 2.45) is 5.41 Å². The third-order valence-corrected chi connectivity index (χ3v) is 10.4. The SMILES string of the molecule is CCC1c2c(OC3CC4(C3)CN(c3nc(Cl)nnc3Oc3ccc(F)cc3C(=O)N(CC)C(C)C)C4)ccnc2CCN1Cc1ccccc1. The van der Waals surface area contributed by atoms with E-state index in [1.807, 2.05) is 33.0 Å². The molecule has 1 saturated heterocycles. The monoisotopic (exact) mass is 699 g/mol. The van der Waals surface area contributed by atoms with E-state index in [2.05, 4.69) is 62.2 Å². The molecular weight excluding hydrogens is 657 g/mol. The van der Waals surface area contributed by atoms with Gasteiger partial charge in [0, 0.05) is 68.4 Å². The zero-order valence-electron chi connectivity index (χ0n) is 29.0. The van der Waals surface area contributed by atoms with E-state index in [0.29, 0.717) is 12.4 Å². The number of rotatable bonds is 11. The molecule has 1 amide bonds. The number of hydrogen-bond donors (Lipinski definition) is 0. The number of carbonyl (C=O) groups is 1. The van der Waals surface area contributed by atoms with Crippen LogP contribution in [0.2, 0.25) is 5.28 Å². The van der Waals surface area contributed by atoms with Crippen molar-refractivity contribution in [2.75, 3.05) is 31.1 Å². The highest BCUT2D eigenvalue weighted by Crippen LogP contribution is 2.52. The van der Waals surface area contributed by atoms with Crippen LogP contribution in [-0.2, 0) is 13.0 Å². The molecule has 1 spiro atoms. The van der Waals surface area contributed by atoms with Crippen LogP contribution >= 0.6 is 11.6 Å². The minimum atomic E-state index is -0.533. The summed E-state index contributed by atoms with van der Waals surface area (Å²) in [5.74, 6) is 0.805. The molecule has 0 bridgehead atoms. The lowest BCUT2D eigenvalue weighted by Gasteiger charge is -2.58. The predicted octanol–water partition coefficient (Wildman–Crippen LogP) is 7.28. The molecular formula is C38H43ClFN7O3. The van der Waals surface area contributed by atoms with Gasteiger partial charge < -0.3 is 19.3 Å². The summed E-state index contributed by atoms with van der Waals surface area (Å²) < 4.78 is 27.2. The molecule has 10 nitrogen and oxygen atoms in total. The van der Waals surface area contributed by atoms with Gasteiger partial charge >= 0.3 is 0 Å². The second kappa shape index (κ2) is 14.1. The second-order valence-corrected chi connectivity index (χ2v) is 14.3. The van der Waals surface area contributed by atoms with E-state index in [4.69, 9.17) is 26.1 Å². The topological polar surface area (TPSA) is 96.8 Å². The summed E-state index contributed by atoms with van der Waals surface area (Å²) in [6.07, 6.45) is 5.68. The van der Waals surface area contributed by atoms with E-state index in [9.17, 15) is 9.18 Å². The van der Waals surface area contributed by atoms with Crippen molar-refractivity contribution in [1.82, 2.24) is 30.0 Å². The molecule has 2 aromatic heterocycles. The number of amides is 1. The third-order valence-electron chi connectivity index (χ3n) is 10.2. The summed E-state index contributed by atoms with van der Waals surface area (Å²) in [7, 11) is 0. The number of ether oxygens (including phenoxy) is 2. The van der Waals surface area contributed by atoms with Gasteiger partial charge in [-0.3, -0.25) is 14.7 Å². The Labute approximate surface area is 297 Å². The largest absolute Gasteiger partial charge is 0.490 e. The van der Waals surface area contributed by atoms with Gasteiger partial charge in [-0.05, 0) is 81.5 Å². The van der Waals surface area contributed by atoms with Crippen molar-refractivity contribution in [2.45, 2.75) is 78.1 Å². The lowest BCUT2D eigenvalue weighted by atomic mass is 9.61. The van der Waals surface area contributed by atoms with Crippen molar-refractivity contribution in [3.63, 3.8) is 0 Å². The number of pyridine rings is 1. The van der Waals surface area contributed by atoms with Crippen molar-refractivity contribution in [3.05, 3.63) is 94.3 Å². The van der Waals surface area contributed by atoms with Crippen molar-refractivity contribution in [1.29, 1.82) is 0 Å². The Morgan fingerprint density at radius 3 is 2.58 bits per heavy atom. The standard InChI is InChI=1S/C38H43ClFN7O3/c1-5-30-33-29(15-17-45(30)21-25-10-8-7-9-11-25)41-16-14-32(33)49-27-19-38(20-27)22-46(23-38)34-35(43-44-37(39)42-34)50-31-13-12-26(40)18-28(31)36(48)47(6-2)24(3)4/h7-14,16,18,24,27,30H,5-6,15,17,19-23H2,1-4H3. The maximum atomic E-state index is 14.3. The molecule has 1 saturated carbocycles. The lowest BCUT2D eigenvalue weighted by molar-refractivity contribution is -0.0358. The van der Waals surface area contributed by atoms with Gasteiger partial charge in [-0.25, -0.2) is 4.39 Å². The van der Waals surface area contributed by atoms with Crippen LogP contribution in [0.5, 0.6) is 17.4 Å². The van der Waals surface area contributed by atoms with E-state index >= 15 is 0 Å². The van der Waals surface area contributed by atoms with E-state index in [0.717, 1.165) is 63.3 Å². The van der Waals surface area contributed by atoms with Crippen LogP contribution in [0.3, 0.4) is 0 Å². The van der Waals surface area contributed by atoms with Gasteiger partial charge in [0.15, 0.2) is 5.82 Å². The van der Waals surface area contributed by atoms with Crippen LogP contribution in [0, 0.1) is 11.2 Å². The number of halogens is 2. The maximum Gasteiger partial charge on any atom is 0.282 e. The van der Waals surface area contributed by atoms with Gasteiger partial charge in [0.2, 0.25) is 5.28 Å². The summed E-state index contributed by atoms with van der Waals surface area (Å²) >= 11 is 6.21. The second-order valence-electron chi connectivity index (χ2n) is 13.9. The highest BCUT2D eigenvalue weighted by Gasteiger charge is 2.55. The van der Waals surface area contributed by atoms with Crippen LogP contribution in [0.25, 0.3) is 0 Å². The first-order valence-electron chi connectivity index (χ1n) is 17.5. The number of hydrogen-bond acceptors (Lipinski definition) is 9. The molecule has 2 aliphatic heterocycles. The van der Waals surface area contributed by atoms with E-state index < -0.39 is 5.82 Å². The highest BCUT2D eigenvalue weighted by molar-refractivity contribution is 6.28. The fourth-order valence-corrected chi connectivity index (χ4v) is 7.99. The number of carbonyl (C=O) groups excluding carboxylic acids is 1. The normalized spacial score (nSPS) is 18.4. The number of benzene rings is 2. The molecule has 50 heavy (non-hydrogen) atoms. The predicted molar refractivity (Wildman–Crippen MR) is 189 cm³/mol. The molecule has 1 atom stereocenters. The van der Waals surface area contributed by atoms with Gasteiger partial charge in [0.25, 0.3) is 11.8 Å². The Morgan fingerprint density at radius 2 is 1.86 bits per heavy atom. The van der Waals surface area contributed by atoms with Gasteiger partial charge in [-0.15, -0.1) is 10.2 Å². The maximum absolute atomic E-state index is 14.3. The molecule has 1 unspecified atom stereocenters. The fourth-order valence-electron chi connectivity index (χ4n) is 7.87. The minimum absolute atomic E-state index is 0.00950. The third kappa shape index (κ3) is 6.73. The Bertz CT molecular complexity index is 1850. The highest BCUT2D eigenvalue weighted by atomic mass is 35.5. The van der Waals surface area contributed by atoms with Crippen LogP contribution in [-0.4, -0.2) is 74.2 Å². The first-order valence-corrected chi connectivity index (χ1v) is 17.9. The smallest absolute Gasteiger partial charge is 0.282 e. The Hall–Kier alpha value is -4.35. The molecule has 2 fully saturated rings. The molecule has 4 heterocycles. The summed E-state index contributed by atoms with van der Waals surface area (Å²) in [6.45, 7) is 11.7. The number of aromatic nitrogens is 4. The zero-order valence-corrected chi connectivity index (χ0v) is 29.7. The fraction of sp³-hybridized carbons (Fsp3) is 0.447. The number of anilines is 1. The zero-order chi connectivity index (χ0) is 35.0. The molecule has 0 radical (unpaired) electrons. The molecule has 3 aliphatic rings. The van der Waals surface area contributed by atoms with E-state index in [1.165, 1.54) is 29.3 Å². The molecule has 262 valence electrons. The van der Waals surface area contributed by atoms with E-state index in [1.54, 1.807) is 4.90 Å². The van der Waals surface area contributed by atoms with Crippen molar-refractivity contribution >= 4 is 23.3 Å². The molecule has 12 heteroatoms. The summed E-state index contributed by atoms with van der Waals surface area (Å²) in [5.41, 5.74) is 3.86. The first-order chi connectivity index (χ1) is 24.2.